The fraction of sp³-hybridized carbons (Fsp3) is 0.611. The lowest BCUT2D eigenvalue weighted by atomic mass is 10.1. The number of benzene rings is 1. The fourth-order valence-corrected chi connectivity index (χ4v) is 5.43. The Labute approximate surface area is 143 Å². The largest absolute Gasteiger partial charge is 0.336 e. The molecule has 1 aromatic carbocycles. The van der Waals surface area contributed by atoms with E-state index >= 15 is 0 Å². The van der Waals surface area contributed by atoms with E-state index in [1.54, 1.807) is 0 Å². The summed E-state index contributed by atoms with van der Waals surface area (Å²) >= 11 is 4.01. The molecule has 4 heteroatoms. The maximum atomic E-state index is 12.8. The molecule has 1 saturated heterocycles. The molecule has 1 fully saturated rings. The summed E-state index contributed by atoms with van der Waals surface area (Å²) in [4.78, 5) is 14.8. The van der Waals surface area contributed by atoms with Gasteiger partial charge in [-0.2, -0.15) is 0 Å². The summed E-state index contributed by atoms with van der Waals surface area (Å²) in [6, 6.07) is 8.60. The summed E-state index contributed by atoms with van der Waals surface area (Å²) in [7, 11) is 0. The summed E-state index contributed by atoms with van der Waals surface area (Å²) in [6.45, 7) is 7.33. The van der Waals surface area contributed by atoms with Crippen LogP contribution in [0, 0.1) is 0 Å². The Kier molecular flexibility index (Phi) is 7.16. The average Bonchev–Trinajstić information content (AvgIpc) is 3.09. The number of amides is 1. The van der Waals surface area contributed by atoms with Crippen molar-refractivity contribution < 1.29 is 4.79 Å². The van der Waals surface area contributed by atoms with Crippen LogP contribution in [0.2, 0.25) is 0 Å². The molecule has 0 aromatic heterocycles. The molecule has 0 aliphatic carbocycles. The molecule has 1 aromatic rings. The number of hydrogen-bond donors (Lipinski definition) is 0. The molecule has 0 spiro atoms. The lowest BCUT2D eigenvalue weighted by Gasteiger charge is -2.28. The number of unbranched alkanes of at least 4 members (excludes halogenated alkanes) is 1. The molecule has 122 valence electrons. The van der Waals surface area contributed by atoms with Gasteiger partial charge in [-0.25, -0.2) is 0 Å². The van der Waals surface area contributed by atoms with Gasteiger partial charge in [0.05, 0.1) is 4.58 Å². The molecule has 1 amide bonds. The van der Waals surface area contributed by atoms with Crippen molar-refractivity contribution in [3.8, 4) is 0 Å². The fourth-order valence-electron chi connectivity index (χ4n) is 2.57. The summed E-state index contributed by atoms with van der Waals surface area (Å²) in [6.07, 6.45) is 3.20. The van der Waals surface area contributed by atoms with Gasteiger partial charge >= 0.3 is 0 Å². The summed E-state index contributed by atoms with van der Waals surface area (Å²) in [5.41, 5.74) is 2.17. The van der Waals surface area contributed by atoms with Crippen molar-refractivity contribution in [2.24, 2.45) is 0 Å². The number of carbonyl (C=O) groups is 1. The molecule has 0 saturated carbocycles. The molecule has 2 rings (SSSR count). The second-order valence-electron chi connectivity index (χ2n) is 5.80. The van der Waals surface area contributed by atoms with Crippen LogP contribution in [0.4, 0.5) is 0 Å². The van der Waals surface area contributed by atoms with Crippen molar-refractivity contribution in [3.63, 3.8) is 0 Å². The molecule has 0 bridgehead atoms. The maximum Gasteiger partial charge on any atom is 0.254 e. The van der Waals surface area contributed by atoms with Gasteiger partial charge in [0.25, 0.3) is 5.91 Å². The predicted octanol–water partition coefficient (Wildman–Crippen LogP) is 5.21. The van der Waals surface area contributed by atoms with E-state index in [1.807, 2.05) is 40.6 Å². The van der Waals surface area contributed by atoms with Crippen LogP contribution in [0.3, 0.4) is 0 Å². The number of carbonyl (C=O) groups excluding carboxylic acids is 1. The van der Waals surface area contributed by atoms with Crippen molar-refractivity contribution in [1.29, 1.82) is 0 Å². The summed E-state index contributed by atoms with van der Waals surface area (Å²) in [5, 5.41) is 0. The first kappa shape index (κ1) is 17.7. The molecule has 0 N–H and O–H groups in total. The van der Waals surface area contributed by atoms with E-state index in [4.69, 9.17) is 0 Å². The minimum absolute atomic E-state index is 0.182. The molecule has 22 heavy (non-hydrogen) atoms. The van der Waals surface area contributed by atoms with Gasteiger partial charge in [-0.1, -0.05) is 32.4 Å². The molecular formula is C18H27NOS2. The van der Waals surface area contributed by atoms with Crippen molar-refractivity contribution in [1.82, 2.24) is 4.90 Å². The first-order chi connectivity index (χ1) is 10.7. The van der Waals surface area contributed by atoms with Crippen LogP contribution in [0.1, 0.15) is 60.5 Å². The van der Waals surface area contributed by atoms with Gasteiger partial charge in [0, 0.05) is 29.7 Å². The van der Waals surface area contributed by atoms with Gasteiger partial charge in [0.15, 0.2) is 0 Å². The quantitative estimate of drug-likeness (QED) is 0.681. The molecule has 0 radical (unpaired) electrons. The Bertz CT molecular complexity index is 468. The number of nitrogens with zero attached hydrogens (tertiary/aromatic N) is 1. The maximum absolute atomic E-state index is 12.8. The second kappa shape index (κ2) is 8.88. The summed E-state index contributed by atoms with van der Waals surface area (Å²) < 4.78 is 0.551. The SMILES string of the molecule is CCCCN(C(=O)c1ccc(C2SCCS2)cc1)C(C)CC. The average molecular weight is 338 g/mol. The third-order valence-electron chi connectivity index (χ3n) is 4.19. The summed E-state index contributed by atoms with van der Waals surface area (Å²) in [5.74, 6) is 2.64. The Hall–Kier alpha value is -0.610. The zero-order valence-electron chi connectivity index (χ0n) is 13.9. The van der Waals surface area contributed by atoms with Crippen LogP contribution in [-0.2, 0) is 0 Å². The van der Waals surface area contributed by atoms with E-state index in [0.29, 0.717) is 10.6 Å². The zero-order valence-corrected chi connectivity index (χ0v) is 15.5. The van der Waals surface area contributed by atoms with E-state index < -0.39 is 0 Å². The lowest BCUT2D eigenvalue weighted by Crippen LogP contribution is -2.39. The molecule has 1 aliphatic rings. The van der Waals surface area contributed by atoms with Crippen LogP contribution in [0.5, 0.6) is 0 Å². The normalized spacial score (nSPS) is 16.7. The topological polar surface area (TPSA) is 20.3 Å². The number of hydrogen-bond acceptors (Lipinski definition) is 3. The predicted molar refractivity (Wildman–Crippen MR) is 99.8 cm³/mol. The molecule has 1 atom stereocenters. The minimum Gasteiger partial charge on any atom is -0.336 e. The molecule has 1 heterocycles. The smallest absolute Gasteiger partial charge is 0.254 e. The molecule has 1 aliphatic heterocycles. The van der Waals surface area contributed by atoms with E-state index in [0.717, 1.165) is 31.4 Å². The first-order valence-corrected chi connectivity index (χ1v) is 10.4. The molecular weight excluding hydrogens is 310 g/mol. The van der Waals surface area contributed by atoms with Crippen LogP contribution < -0.4 is 0 Å². The second-order valence-corrected chi connectivity index (χ2v) is 8.53. The number of thioether (sulfide) groups is 2. The van der Waals surface area contributed by atoms with E-state index in [9.17, 15) is 4.79 Å². The Morgan fingerprint density at radius 2 is 1.86 bits per heavy atom. The van der Waals surface area contributed by atoms with E-state index in [-0.39, 0.29) is 5.91 Å². The minimum atomic E-state index is 0.182. The van der Waals surface area contributed by atoms with Gasteiger partial charge in [0.2, 0.25) is 0 Å². The van der Waals surface area contributed by atoms with Gasteiger partial charge < -0.3 is 4.90 Å². The van der Waals surface area contributed by atoms with Gasteiger partial charge in [-0.15, -0.1) is 23.5 Å². The van der Waals surface area contributed by atoms with Crippen molar-refractivity contribution >= 4 is 29.4 Å². The third-order valence-corrected chi connectivity index (χ3v) is 7.29. The van der Waals surface area contributed by atoms with Gasteiger partial charge in [-0.3, -0.25) is 4.79 Å². The first-order valence-electron chi connectivity index (χ1n) is 8.31. The number of rotatable bonds is 7. The third kappa shape index (κ3) is 4.45. The molecule has 2 nitrogen and oxygen atoms in total. The Balaban J connectivity index is 2.08. The zero-order chi connectivity index (χ0) is 15.9. The highest BCUT2D eigenvalue weighted by atomic mass is 32.2. The van der Waals surface area contributed by atoms with E-state index in [1.165, 1.54) is 17.1 Å². The lowest BCUT2D eigenvalue weighted by molar-refractivity contribution is 0.0685. The Morgan fingerprint density at radius 3 is 2.41 bits per heavy atom. The van der Waals surface area contributed by atoms with Crippen LogP contribution in [0.15, 0.2) is 24.3 Å². The highest BCUT2D eigenvalue weighted by Crippen LogP contribution is 2.45. The van der Waals surface area contributed by atoms with Crippen LogP contribution in [0.25, 0.3) is 0 Å². The van der Waals surface area contributed by atoms with Crippen LogP contribution >= 0.6 is 23.5 Å². The van der Waals surface area contributed by atoms with Gasteiger partial charge in [0.1, 0.15) is 0 Å². The van der Waals surface area contributed by atoms with Crippen molar-refractivity contribution in [2.45, 2.75) is 50.7 Å². The highest BCUT2D eigenvalue weighted by molar-refractivity contribution is 8.19. The van der Waals surface area contributed by atoms with Crippen LogP contribution in [-0.4, -0.2) is 34.9 Å². The molecule has 1 unspecified atom stereocenters. The van der Waals surface area contributed by atoms with E-state index in [2.05, 4.69) is 32.9 Å². The Morgan fingerprint density at radius 1 is 1.23 bits per heavy atom. The monoisotopic (exact) mass is 337 g/mol. The standard InChI is InChI=1S/C18H27NOS2/c1-4-6-11-19(14(3)5-2)17(20)15-7-9-16(10-8-15)18-21-12-13-22-18/h7-10,14,18H,4-6,11-13H2,1-3H3. The van der Waals surface area contributed by atoms with Gasteiger partial charge in [-0.05, 0) is 37.5 Å². The van der Waals surface area contributed by atoms with Crippen molar-refractivity contribution in [3.05, 3.63) is 35.4 Å². The van der Waals surface area contributed by atoms with Crippen molar-refractivity contribution in [2.75, 3.05) is 18.1 Å². The highest BCUT2D eigenvalue weighted by Gasteiger charge is 2.21.